The number of hydrogen-bond acceptors (Lipinski definition) is 6. The second kappa shape index (κ2) is 7.33. The van der Waals surface area contributed by atoms with Gasteiger partial charge in [-0.05, 0) is 29.8 Å². The third-order valence-corrected chi connectivity index (χ3v) is 7.98. The Morgan fingerprint density at radius 1 is 1.12 bits per heavy atom. The van der Waals surface area contributed by atoms with Crippen LogP contribution in [0.5, 0.6) is 5.75 Å². The molecular formula is C16H18ClNO5S2. The number of fused-ring (bicyclic) bond motifs is 1. The molecule has 1 heterocycles. The van der Waals surface area contributed by atoms with Gasteiger partial charge in [-0.3, -0.25) is 0 Å². The van der Waals surface area contributed by atoms with E-state index in [1.54, 1.807) is 24.3 Å². The van der Waals surface area contributed by atoms with E-state index < -0.39 is 30.7 Å². The van der Waals surface area contributed by atoms with E-state index in [4.69, 9.17) is 10.5 Å². The zero-order chi connectivity index (χ0) is 17.4. The number of rotatable bonds is 5. The van der Waals surface area contributed by atoms with Crippen LogP contribution in [0.2, 0.25) is 0 Å². The van der Waals surface area contributed by atoms with Crippen molar-refractivity contribution in [1.82, 2.24) is 0 Å². The summed E-state index contributed by atoms with van der Waals surface area (Å²) in [5.74, 6) is -0.0968. The first-order chi connectivity index (χ1) is 11.4. The largest absolute Gasteiger partial charge is 0.492 e. The van der Waals surface area contributed by atoms with Gasteiger partial charge in [0.2, 0.25) is 0 Å². The number of nitrogens with two attached hydrogens (primary N) is 1. The first-order valence-electron chi connectivity index (χ1n) is 7.35. The zero-order valence-electron chi connectivity index (χ0n) is 13.2. The third-order valence-electron chi connectivity index (χ3n) is 3.87. The molecule has 0 fully saturated rings. The Labute approximate surface area is 153 Å². The quantitative estimate of drug-likeness (QED) is 0.815. The molecule has 1 atom stereocenters. The molecule has 136 valence electrons. The summed E-state index contributed by atoms with van der Waals surface area (Å²) in [6.45, 7) is 0.555. The highest BCUT2D eigenvalue weighted by molar-refractivity contribution is 7.96. The molecule has 0 saturated heterocycles. The molecule has 25 heavy (non-hydrogen) atoms. The van der Waals surface area contributed by atoms with Crippen molar-refractivity contribution in [3.8, 4) is 5.75 Å². The Kier molecular flexibility index (Phi) is 5.78. The topological polar surface area (TPSA) is 104 Å². The molecule has 2 aromatic rings. The molecule has 0 amide bonds. The van der Waals surface area contributed by atoms with E-state index in [-0.39, 0.29) is 28.8 Å². The summed E-state index contributed by atoms with van der Waals surface area (Å²) in [6, 6.07) is 12.3. The van der Waals surface area contributed by atoms with Crippen LogP contribution in [0.3, 0.4) is 0 Å². The minimum atomic E-state index is -3.79. The van der Waals surface area contributed by atoms with Gasteiger partial charge in [0.25, 0.3) is 0 Å². The van der Waals surface area contributed by atoms with Crippen molar-refractivity contribution < 1.29 is 21.6 Å². The smallest absolute Gasteiger partial charge is 0.186 e. The van der Waals surface area contributed by atoms with E-state index in [1.807, 2.05) is 0 Å². The summed E-state index contributed by atoms with van der Waals surface area (Å²) < 4.78 is 55.8. The molecule has 0 spiro atoms. The van der Waals surface area contributed by atoms with Crippen molar-refractivity contribution in [3.63, 3.8) is 0 Å². The van der Waals surface area contributed by atoms with Crippen LogP contribution in [0.15, 0.2) is 58.3 Å². The first-order valence-corrected chi connectivity index (χ1v) is 10.5. The molecule has 1 unspecified atom stereocenters. The van der Waals surface area contributed by atoms with E-state index in [9.17, 15) is 16.8 Å². The van der Waals surface area contributed by atoms with Gasteiger partial charge in [0, 0.05) is 6.54 Å². The average molecular weight is 404 g/mol. The fourth-order valence-electron chi connectivity index (χ4n) is 2.73. The van der Waals surface area contributed by atoms with E-state index in [2.05, 4.69) is 0 Å². The second-order valence-electron chi connectivity index (χ2n) is 5.46. The molecule has 2 aromatic carbocycles. The number of ether oxygens (including phenoxy) is 1. The number of benzene rings is 2. The lowest BCUT2D eigenvalue weighted by molar-refractivity contribution is 0.327. The summed E-state index contributed by atoms with van der Waals surface area (Å²) in [7, 11) is -7.48. The van der Waals surface area contributed by atoms with Gasteiger partial charge < -0.3 is 10.5 Å². The summed E-state index contributed by atoms with van der Waals surface area (Å²) in [5.41, 5.74) is 5.65. The van der Waals surface area contributed by atoms with Gasteiger partial charge >= 0.3 is 0 Å². The fourth-order valence-corrected chi connectivity index (χ4v) is 7.08. The molecule has 1 aliphatic heterocycles. The Morgan fingerprint density at radius 3 is 2.44 bits per heavy atom. The summed E-state index contributed by atoms with van der Waals surface area (Å²) in [5, 5.41) is -1.11. The van der Waals surface area contributed by atoms with Crippen molar-refractivity contribution in [2.45, 2.75) is 15.0 Å². The zero-order valence-corrected chi connectivity index (χ0v) is 15.6. The highest BCUT2D eigenvalue weighted by atomic mass is 35.5. The standard InChI is InChI=1S/C16H17NO5S2.ClH/c17-8-9-22-12-6-7-14-15(10-12)23(18,19)11-16(14)24(20,21)13-4-2-1-3-5-13;/h1-7,10,16H,8-9,11,17H2;1H. The predicted molar refractivity (Wildman–Crippen MR) is 96.7 cm³/mol. The number of sulfone groups is 2. The molecule has 0 aliphatic carbocycles. The van der Waals surface area contributed by atoms with Gasteiger partial charge in [0.1, 0.15) is 17.6 Å². The molecule has 1 aliphatic rings. The lowest BCUT2D eigenvalue weighted by Crippen LogP contribution is -2.15. The van der Waals surface area contributed by atoms with Crippen LogP contribution in [0, 0.1) is 0 Å². The Bertz CT molecular complexity index is 959. The maximum absolute atomic E-state index is 12.8. The van der Waals surface area contributed by atoms with Gasteiger partial charge in [-0.15, -0.1) is 12.4 Å². The maximum Gasteiger partial charge on any atom is 0.186 e. The highest BCUT2D eigenvalue weighted by Gasteiger charge is 2.43. The van der Waals surface area contributed by atoms with Crippen molar-refractivity contribution in [3.05, 3.63) is 54.1 Å². The number of halogens is 1. The van der Waals surface area contributed by atoms with Crippen molar-refractivity contribution in [1.29, 1.82) is 0 Å². The van der Waals surface area contributed by atoms with Crippen LogP contribution >= 0.6 is 12.4 Å². The normalized spacial score (nSPS) is 18.2. The lowest BCUT2D eigenvalue weighted by atomic mass is 10.1. The molecule has 9 heteroatoms. The van der Waals surface area contributed by atoms with Gasteiger partial charge in [0.15, 0.2) is 19.7 Å². The second-order valence-corrected chi connectivity index (χ2v) is 9.60. The van der Waals surface area contributed by atoms with Crippen molar-refractivity contribution >= 4 is 32.1 Å². The summed E-state index contributed by atoms with van der Waals surface area (Å²) >= 11 is 0. The van der Waals surface area contributed by atoms with E-state index in [1.165, 1.54) is 24.3 Å². The van der Waals surface area contributed by atoms with Crippen molar-refractivity contribution in [2.75, 3.05) is 18.9 Å². The molecule has 2 N–H and O–H groups in total. The summed E-state index contributed by atoms with van der Waals surface area (Å²) in [6.07, 6.45) is 0. The minimum Gasteiger partial charge on any atom is -0.492 e. The lowest BCUT2D eigenvalue weighted by Gasteiger charge is -2.12. The number of hydrogen-bond donors (Lipinski definition) is 1. The Balaban J connectivity index is 0.00000225. The Hall–Kier alpha value is -1.61. The monoisotopic (exact) mass is 403 g/mol. The van der Waals surface area contributed by atoms with Gasteiger partial charge in [-0.2, -0.15) is 0 Å². The van der Waals surface area contributed by atoms with E-state index in [0.29, 0.717) is 17.9 Å². The first kappa shape index (κ1) is 19.7. The molecular weight excluding hydrogens is 386 g/mol. The van der Waals surface area contributed by atoms with Crippen molar-refractivity contribution in [2.24, 2.45) is 5.73 Å². The molecule has 3 rings (SSSR count). The van der Waals surface area contributed by atoms with E-state index in [0.717, 1.165) is 0 Å². The average Bonchev–Trinajstić information content (AvgIpc) is 2.85. The molecule has 0 bridgehead atoms. The molecule has 0 saturated carbocycles. The van der Waals surface area contributed by atoms with Gasteiger partial charge in [-0.1, -0.05) is 24.3 Å². The van der Waals surface area contributed by atoms with Crippen LogP contribution in [0.1, 0.15) is 10.8 Å². The SMILES string of the molecule is Cl.NCCOc1ccc2c(c1)S(=O)(=O)CC2S(=O)(=O)c1ccccc1. The van der Waals surface area contributed by atoms with Crippen LogP contribution < -0.4 is 10.5 Å². The predicted octanol–water partition coefficient (Wildman–Crippen LogP) is 1.75. The molecule has 6 nitrogen and oxygen atoms in total. The fraction of sp³-hybridized carbons (Fsp3) is 0.250. The maximum atomic E-state index is 12.8. The minimum absolute atomic E-state index is 0. The molecule has 0 radical (unpaired) electrons. The van der Waals surface area contributed by atoms with E-state index >= 15 is 0 Å². The van der Waals surface area contributed by atoms with Gasteiger partial charge in [-0.25, -0.2) is 16.8 Å². The summed E-state index contributed by atoms with van der Waals surface area (Å²) in [4.78, 5) is 0.128. The third kappa shape index (κ3) is 3.67. The van der Waals surface area contributed by atoms with Crippen LogP contribution in [-0.2, 0) is 19.7 Å². The molecule has 0 aromatic heterocycles. The van der Waals surface area contributed by atoms with Crippen LogP contribution in [-0.4, -0.2) is 35.7 Å². The highest BCUT2D eigenvalue weighted by Crippen LogP contribution is 2.42. The van der Waals surface area contributed by atoms with Gasteiger partial charge in [0.05, 0.1) is 15.5 Å². The van der Waals surface area contributed by atoms with Crippen LogP contribution in [0.25, 0.3) is 0 Å². The Morgan fingerprint density at radius 2 is 1.80 bits per heavy atom. The van der Waals surface area contributed by atoms with Crippen LogP contribution in [0.4, 0.5) is 0 Å².